The molecular formula is C21H20BrClN2O2. The summed E-state index contributed by atoms with van der Waals surface area (Å²) in [5, 5.41) is 1.20. The van der Waals surface area contributed by atoms with Crippen molar-refractivity contribution in [2.75, 3.05) is 0 Å². The molecule has 1 aliphatic carbocycles. The molecule has 0 saturated heterocycles. The highest BCUT2D eigenvalue weighted by Crippen LogP contribution is 2.27. The van der Waals surface area contributed by atoms with Crippen LogP contribution < -0.4 is 11.2 Å². The average molecular weight is 448 g/mol. The Bertz CT molecular complexity index is 1110. The first-order valence-electron chi connectivity index (χ1n) is 9.23. The summed E-state index contributed by atoms with van der Waals surface area (Å²) in [4.78, 5) is 26.5. The molecule has 0 unspecified atom stereocenters. The van der Waals surface area contributed by atoms with E-state index in [1.165, 1.54) is 11.0 Å². The third-order valence-electron chi connectivity index (χ3n) is 5.31. The Balaban J connectivity index is 1.95. The lowest BCUT2D eigenvalue weighted by atomic mass is 9.95. The van der Waals surface area contributed by atoms with E-state index >= 15 is 0 Å². The van der Waals surface area contributed by atoms with Crippen molar-refractivity contribution in [3.63, 3.8) is 0 Å². The van der Waals surface area contributed by atoms with E-state index in [4.69, 9.17) is 11.6 Å². The molecule has 0 radical (unpaired) electrons. The van der Waals surface area contributed by atoms with Gasteiger partial charge in [-0.05, 0) is 48.7 Å². The zero-order chi connectivity index (χ0) is 19.0. The van der Waals surface area contributed by atoms with Gasteiger partial charge in [0.15, 0.2) is 0 Å². The lowest BCUT2D eigenvalue weighted by Crippen LogP contribution is -2.43. The summed E-state index contributed by atoms with van der Waals surface area (Å²) in [5.74, 6) is 0. The molecule has 3 aromatic rings. The van der Waals surface area contributed by atoms with Gasteiger partial charge < -0.3 is 0 Å². The van der Waals surface area contributed by atoms with Crippen molar-refractivity contribution < 1.29 is 0 Å². The second kappa shape index (κ2) is 7.64. The van der Waals surface area contributed by atoms with Gasteiger partial charge in [0.2, 0.25) is 0 Å². The lowest BCUT2D eigenvalue weighted by Gasteiger charge is -2.25. The molecule has 1 heterocycles. The molecule has 4 rings (SSSR count). The van der Waals surface area contributed by atoms with Gasteiger partial charge in [0, 0.05) is 15.5 Å². The number of fused-ring (bicyclic) bond motifs is 1. The van der Waals surface area contributed by atoms with Crippen LogP contribution in [0.4, 0.5) is 0 Å². The number of hydrogen-bond acceptors (Lipinski definition) is 2. The van der Waals surface area contributed by atoms with E-state index in [2.05, 4.69) is 15.9 Å². The van der Waals surface area contributed by atoms with Crippen LogP contribution in [0.2, 0.25) is 5.02 Å². The minimum absolute atomic E-state index is 0.0206. The van der Waals surface area contributed by atoms with Gasteiger partial charge in [0.05, 0.1) is 17.4 Å². The van der Waals surface area contributed by atoms with Crippen LogP contribution in [0.3, 0.4) is 0 Å². The van der Waals surface area contributed by atoms with E-state index in [0.29, 0.717) is 22.5 Å². The molecule has 6 heteroatoms. The van der Waals surface area contributed by atoms with Gasteiger partial charge in [0.25, 0.3) is 5.56 Å². The van der Waals surface area contributed by atoms with E-state index in [-0.39, 0.29) is 17.3 Å². The van der Waals surface area contributed by atoms with Crippen molar-refractivity contribution >= 4 is 38.4 Å². The SMILES string of the molecule is O=c1c2cc(Br)ccc2n(Cc2cccc(Cl)c2)c(=O)n1C1CCCCC1. The average Bonchev–Trinajstić information content (AvgIpc) is 2.66. The molecule has 0 atom stereocenters. The normalized spacial score (nSPS) is 15.3. The molecule has 0 N–H and O–H groups in total. The van der Waals surface area contributed by atoms with Gasteiger partial charge in [-0.15, -0.1) is 0 Å². The Morgan fingerprint density at radius 3 is 2.56 bits per heavy atom. The van der Waals surface area contributed by atoms with Crippen molar-refractivity contribution in [2.24, 2.45) is 0 Å². The van der Waals surface area contributed by atoms with Gasteiger partial charge in [0.1, 0.15) is 0 Å². The maximum atomic E-state index is 13.4. The number of nitrogens with zero attached hydrogens (tertiary/aromatic N) is 2. The molecule has 0 amide bonds. The number of benzene rings is 2. The van der Waals surface area contributed by atoms with Gasteiger partial charge in [-0.1, -0.05) is 58.9 Å². The molecule has 0 bridgehead atoms. The number of hydrogen-bond donors (Lipinski definition) is 0. The molecule has 4 nitrogen and oxygen atoms in total. The fourth-order valence-corrected chi connectivity index (χ4v) is 4.57. The van der Waals surface area contributed by atoms with E-state index in [9.17, 15) is 9.59 Å². The quantitative estimate of drug-likeness (QED) is 0.558. The number of aromatic nitrogens is 2. The molecule has 140 valence electrons. The van der Waals surface area contributed by atoms with Gasteiger partial charge in [-0.2, -0.15) is 0 Å². The third-order valence-corrected chi connectivity index (χ3v) is 6.03. The van der Waals surface area contributed by atoms with Crippen LogP contribution in [0, 0.1) is 0 Å². The summed E-state index contributed by atoms with van der Waals surface area (Å²) in [6.45, 7) is 0.379. The van der Waals surface area contributed by atoms with Crippen LogP contribution in [0.1, 0.15) is 43.7 Å². The highest BCUT2D eigenvalue weighted by atomic mass is 79.9. The van der Waals surface area contributed by atoms with Crippen LogP contribution in [0.5, 0.6) is 0 Å². The molecule has 0 aliphatic heterocycles. The molecule has 2 aromatic carbocycles. The maximum Gasteiger partial charge on any atom is 0.332 e. The molecule has 1 fully saturated rings. The lowest BCUT2D eigenvalue weighted by molar-refractivity contribution is 0.333. The standard InChI is InChI=1S/C21H20BrClN2O2/c22-15-9-10-19-18(12-15)20(26)25(17-7-2-1-3-8-17)21(27)24(19)13-14-5-4-6-16(23)11-14/h4-6,9-12,17H,1-3,7-8,13H2. The summed E-state index contributed by atoms with van der Waals surface area (Å²) in [5.41, 5.74) is 1.16. The first-order valence-corrected chi connectivity index (χ1v) is 10.4. The van der Waals surface area contributed by atoms with Crippen molar-refractivity contribution in [3.8, 4) is 0 Å². The second-order valence-electron chi connectivity index (χ2n) is 7.13. The molecule has 1 aliphatic rings. The topological polar surface area (TPSA) is 44.0 Å². The van der Waals surface area contributed by atoms with E-state index < -0.39 is 0 Å². The van der Waals surface area contributed by atoms with E-state index in [1.54, 1.807) is 4.57 Å². The van der Waals surface area contributed by atoms with E-state index in [1.807, 2.05) is 42.5 Å². The Hall–Kier alpha value is -1.85. The zero-order valence-electron chi connectivity index (χ0n) is 14.8. The summed E-state index contributed by atoms with van der Waals surface area (Å²) in [6.07, 6.45) is 5.04. The van der Waals surface area contributed by atoms with Crippen molar-refractivity contribution in [3.05, 3.63) is 78.4 Å². The Labute approximate surface area is 170 Å². The Morgan fingerprint density at radius 1 is 1.04 bits per heavy atom. The van der Waals surface area contributed by atoms with Gasteiger partial charge >= 0.3 is 5.69 Å². The van der Waals surface area contributed by atoms with Crippen LogP contribution in [0.25, 0.3) is 10.9 Å². The zero-order valence-corrected chi connectivity index (χ0v) is 17.2. The largest absolute Gasteiger partial charge is 0.332 e. The van der Waals surface area contributed by atoms with Crippen LogP contribution in [-0.2, 0) is 6.54 Å². The Kier molecular flexibility index (Phi) is 5.24. The maximum absolute atomic E-state index is 13.4. The summed E-state index contributed by atoms with van der Waals surface area (Å²) in [6, 6.07) is 13.0. The first kappa shape index (κ1) is 18.5. The minimum atomic E-state index is -0.235. The first-order chi connectivity index (χ1) is 13.0. The van der Waals surface area contributed by atoms with Gasteiger partial charge in [-0.3, -0.25) is 13.9 Å². The highest BCUT2D eigenvalue weighted by molar-refractivity contribution is 9.10. The number of halogens is 2. The predicted molar refractivity (Wildman–Crippen MR) is 113 cm³/mol. The van der Waals surface area contributed by atoms with Crippen LogP contribution in [-0.4, -0.2) is 9.13 Å². The van der Waals surface area contributed by atoms with Crippen LogP contribution >= 0.6 is 27.5 Å². The van der Waals surface area contributed by atoms with Crippen molar-refractivity contribution in [2.45, 2.75) is 44.7 Å². The van der Waals surface area contributed by atoms with Gasteiger partial charge in [-0.25, -0.2) is 4.79 Å². The second-order valence-corrected chi connectivity index (χ2v) is 8.48. The van der Waals surface area contributed by atoms with Crippen LogP contribution in [0.15, 0.2) is 56.5 Å². The smallest absolute Gasteiger partial charge is 0.289 e. The monoisotopic (exact) mass is 446 g/mol. The van der Waals surface area contributed by atoms with Crippen molar-refractivity contribution in [1.29, 1.82) is 0 Å². The van der Waals surface area contributed by atoms with Crippen molar-refractivity contribution in [1.82, 2.24) is 9.13 Å². The molecule has 1 aromatic heterocycles. The molecular weight excluding hydrogens is 428 g/mol. The highest BCUT2D eigenvalue weighted by Gasteiger charge is 2.22. The molecule has 1 saturated carbocycles. The van der Waals surface area contributed by atoms with E-state index in [0.717, 1.165) is 35.7 Å². The summed E-state index contributed by atoms with van der Waals surface area (Å²) >= 11 is 9.57. The summed E-state index contributed by atoms with van der Waals surface area (Å²) in [7, 11) is 0. The third kappa shape index (κ3) is 3.63. The minimum Gasteiger partial charge on any atom is -0.289 e. The summed E-state index contributed by atoms with van der Waals surface area (Å²) < 4.78 is 4.01. The predicted octanol–water partition coefficient (Wildman–Crippen LogP) is 5.13. The molecule has 27 heavy (non-hydrogen) atoms. The number of rotatable bonds is 3. The Morgan fingerprint density at radius 2 is 1.81 bits per heavy atom. The fourth-order valence-electron chi connectivity index (χ4n) is 4.00. The molecule has 0 spiro atoms. The fraction of sp³-hybridized carbons (Fsp3) is 0.333.